The third-order valence-electron chi connectivity index (χ3n) is 2.59. The van der Waals surface area contributed by atoms with Gasteiger partial charge in [0.05, 0.1) is 19.8 Å². The molecule has 1 unspecified atom stereocenters. The molecule has 0 aromatic carbocycles. The van der Waals surface area contributed by atoms with Crippen LogP contribution in [0.3, 0.4) is 0 Å². The number of hydrogen-bond acceptors (Lipinski definition) is 8. The van der Waals surface area contributed by atoms with Gasteiger partial charge < -0.3 is 40.1 Å². The zero-order valence-corrected chi connectivity index (χ0v) is 9.14. The molecule has 0 aromatic heterocycles. The summed E-state index contributed by atoms with van der Waals surface area (Å²) in [6.45, 7) is -1.96. The van der Waals surface area contributed by atoms with Crippen LogP contribution in [0.1, 0.15) is 0 Å². The lowest BCUT2D eigenvalue weighted by Crippen LogP contribution is -2.63. The lowest BCUT2D eigenvalue weighted by molar-refractivity contribution is -0.341. The van der Waals surface area contributed by atoms with Crippen molar-refractivity contribution in [2.75, 3.05) is 26.4 Å². The molecule has 1 saturated heterocycles. The minimum Gasteiger partial charge on any atom is -0.394 e. The minimum absolute atomic E-state index is 0.427. The van der Waals surface area contributed by atoms with Gasteiger partial charge in [-0.05, 0) is 0 Å². The second-order valence-electron chi connectivity index (χ2n) is 3.96. The van der Waals surface area contributed by atoms with Crippen LogP contribution in [0.15, 0.2) is 0 Å². The van der Waals surface area contributed by atoms with Gasteiger partial charge in [0.2, 0.25) is 5.79 Å². The van der Waals surface area contributed by atoms with E-state index in [4.69, 9.17) is 24.8 Å². The third kappa shape index (κ3) is 3.33. The summed E-state index contributed by atoms with van der Waals surface area (Å²) in [5.41, 5.74) is 0. The highest BCUT2D eigenvalue weighted by Gasteiger charge is 2.49. The lowest BCUT2D eigenvalue weighted by Gasteiger charge is -2.42. The highest BCUT2D eigenvalue weighted by molar-refractivity contribution is 4.92. The van der Waals surface area contributed by atoms with Crippen molar-refractivity contribution in [3.63, 3.8) is 0 Å². The van der Waals surface area contributed by atoms with Gasteiger partial charge in [0, 0.05) is 0 Å². The van der Waals surface area contributed by atoms with Gasteiger partial charge >= 0.3 is 0 Å². The van der Waals surface area contributed by atoms with E-state index in [1.165, 1.54) is 0 Å². The molecule has 0 saturated carbocycles. The molecule has 0 aliphatic carbocycles. The van der Waals surface area contributed by atoms with Gasteiger partial charge in [-0.2, -0.15) is 0 Å². The fourth-order valence-electron chi connectivity index (χ4n) is 1.46. The Labute approximate surface area is 97.6 Å². The van der Waals surface area contributed by atoms with Crippen molar-refractivity contribution >= 4 is 0 Å². The normalized spacial score (nSPS) is 40.2. The van der Waals surface area contributed by atoms with Gasteiger partial charge in [-0.25, -0.2) is 0 Å². The van der Waals surface area contributed by atoms with E-state index in [0.29, 0.717) is 0 Å². The highest BCUT2D eigenvalue weighted by atomic mass is 16.7. The SMILES string of the molecule is OCC(O)CO[C@@]1(O)CO[C@H](CO)[C@H](O)[C@@H]1O. The summed E-state index contributed by atoms with van der Waals surface area (Å²) in [7, 11) is 0. The first-order chi connectivity index (χ1) is 7.94. The van der Waals surface area contributed by atoms with Crippen molar-refractivity contribution in [2.24, 2.45) is 0 Å². The van der Waals surface area contributed by atoms with Gasteiger partial charge in [0.15, 0.2) is 0 Å². The molecule has 0 radical (unpaired) electrons. The van der Waals surface area contributed by atoms with Crippen LogP contribution in [0.25, 0.3) is 0 Å². The summed E-state index contributed by atoms with van der Waals surface area (Å²) in [6, 6.07) is 0. The maximum absolute atomic E-state index is 9.84. The van der Waals surface area contributed by atoms with Crippen LogP contribution in [0.2, 0.25) is 0 Å². The largest absolute Gasteiger partial charge is 0.394 e. The van der Waals surface area contributed by atoms with E-state index in [1.54, 1.807) is 0 Å². The molecule has 8 nitrogen and oxygen atoms in total. The van der Waals surface area contributed by atoms with Crippen LogP contribution in [0, 0.1) is 0 Å². The molecule has 6 N–H and O–H groups in total. The average molecular weight is 254 g/mol. The van der Waals surface area contributed by atoms with Crippen LogP contribution in [0.5, 0.6) is 0 Å². The average Bonchev–Trinajstić information content (AvgIpc) is 2.34. The standard InChI is InChI=1S/C9H18O8/c10-1-5(12)3-17-9(15)4-16-6(2-11)7(13)8(9)14/h5-8,10-15H,1-4H2/t5?,6-,7+,8+,9+/m1/s1. The topological polar surface area (TPSA) is 140 Å². The molecule has 0 spiro atoms. The molecule has 1 aliphatic heterocycles. The van der Waals surface area contributed by atoms with Crippen molar-refractivity contribution in [1.82, 2.24) is 0 Å². The Morgan fingerprint density at radius 3 is 2.53 bits per heavy atom. The molecular formula is C9H18O8. The van der Waals surface area contributed by atoms with Gasteiger partial charge in [-0.3, -0.25) is 0 Å². The molecule has 8 heteroatoms. The summed E-state index contributed by atoms with van der Waals surface area (Å²) < 4.78 is 9.74. The number of rotatable bonds is 5. The van der Waals surface area contributed by atoms with Crippen molar-refractivity contribution in [1.29, 1.82) is 0 Å². The van der Waals surface area contributed by atoms with Crippen molar-refractivity contribution in [2.45, 2.75) is 30.2 Å². The molecule has 5 atom stereocenters. The van der Waals surface area contributed by atoms with Gasteiger partial charge in [-0.1, -0.05) is 0 Å². The van der Waals surface area contributed by atoms with E-state index in [9.17, 15) is 15.3 Å². The second-order valence-corrected chi connectivity index (χ2v) is 3.96. The Hall–Kier alpha value is -0.320. The Kier molecular flexibility index (Phi) is 5.22. The summed E-state index contributed by atoms with van der Waals surface area (Å²) in [5, 5.41) is 55.4. The number of hydrogen-bond donors (Lipinski definition) is 6. The Morgan fingerprint density at radius 2 is 2.00 bits per heavy atom. The van der Waals surface area contributed by atoms with Crippen LogP contribution in [0.4, 0.5) is 0 Å². The maximum atomic E-state index is 9.84. The van der Waals surface area contributed by atoms with E-state index in [0.717, 1.165) is 0 Å². The summed E-state index contributed by atoms with van der Waals surface area (Å²) in [4.78, 5) is 0. The molecule has 0 amide bonds. The molecule has 1 fully saturated rings. The summed E-state index contributed by atoms with van der Waals surface area (Å²) >= 11 is 0. The molecular weight excluding hydrogens is 236 g/mol. The zero-order valence-electron chi connectivity index (χ0n) is 9.14. The van der Waals surface area contributed by atoms with E-state index in [1.807, 2.05) is 0 Å². The van der Waals surface area contributed by atoms with E-state index >= 15 is 0 Å². The summed E-state index contributed by atoms with van der Waals surface area (Å²) in [5.74, 6) is -2.18. The highest BCUT2D eigenvalue weighted by Crippen LogP contribution is 2.25. The predicted molar refractivity (Wildman–Crippen MR) is 52.8 cm³/mol. The van der Waals surface area contributed by atoms with E-state index < -0.39 is 56.6 Å². The summed E-state index contributed by atoms with van der Waals surface area (Å²) in [6.07, 6.45) is -5.40. The molecule has 102 valence electrons. The van der Waals surface area contributed by atoms with Crippen molar-refractivity contribution < 1.29 is 40.1 Å². The van der Waals surface area contributed by atoms with E-state index in [-0.39, 0.29) is 0 Å². The predicted octanol–water partition coefficient (Wildman–Crippen LogP) is -3.84. The minimum atomic E-state index is -2.18. The first-order valence-corrected chi connectivity index (χ1v) is 5.18. The second kappa shape index (κ2) is 6.03. The Morgan fingerprint density at radius 1 is 1.35 bits per heavy atom. The fraction of sp³-hybridized carbons (Fsp3) is 1.00. The molecule has 1 aliphatic rings. The van der Waals surface area contributed by atoms with E-state index in [2.05, 4.69) is 0 Å². The monoisotopic (exact) mass is 254 g/mol. The smallest absolute Gasteiger partial charge is 0.219 e. The zero-order chi connectivity index (χ0) is 13.1. The van der Waals surface area contributed by atoms with Gasteiger partial charge in [0.1, 0.15) is 31.0 Å². The van der Waals surface area contributed by atoms with Gasteiger partial charge in [-0.15, -0.1) is 0 Å². The van der Waals surface area contributed by atoms with Crippen LogP contribution in [-0.2, 0) is 9.47 Å². The molecule has 0 bridgehead atoms. The van der Waals surface area contributed by atoms with Gasteiger partial charge in [0.25, 0.3) is 0 Å². The van der Waals surface area contributed by atoms with Crippen molar-refractivity contribution in [3.05, 3.63) is 0 Å². The van der Waals surface area contributed by atoms with Crippen LogP contribution in [-0.4, -0.2) is 87.3 Å². The number of aliphatic hydroxyl groups is 6. The van der Waals surface area contributed by atoms with Crippen LogP contribution < -0.4 is 0 Å². The molecule has 0 aromatic rings. The first kappa shape index (κ1) is 14.7. The lowest BCUT2D eigenvalue weighted by atomic mass is 9.97. The molecule has 1 rings (SSSR count). The van der Waals surface area contributed by atoms with Crippen LogP contribution >= 0.6 is 0 Å². The Bertz CT molecular complexity index is 237. The quantitative estimate of drug-likeness (QED) is 0.274. The first-order valence-electron chi connectivity index (χ1n) is 5.18. The third-order valence-corrected chi connectivity index (χ3v) is 2.59. The maximum Gasteiger partial charge on any atom is 0.219 e. The molecule has 1 heterocycles. The number of aliphatic hydroxyl groups excluding tert-OH is 5. The number of ether oxygens (including phenoxy) is 2. The fourth-order valence-corrected chi connectivity index (χ4v) is 1.46. The van der Waals surface area contributed by atoms with Crippen molar-refractivity contribution in [3.8, 4) is 0 Å². The molecule has 17 heavy (non-hydrogen) atoms. The Balaban J connectivity index is 2.57.